The maximum atomic E-state index is 12.1. The van der Waals surface area contributed by atoms with Crippen LogP contribution in [0.4, 0.5) is 5.69 Å². The molecule has 0 saturated heterocycles. The molecule has 0 atom stereocenters. The van der Waals surface area contributed by atoms with Crippen molar-refractivity contribution in [2.24, 2.45) is 0 Å². The molecule has 0 saturated carbocycles. The summed E-state index contributed by atoms with van der Waals surface area (Å²) in [5.41, 5.74) is 1.53. The van der Waals surface area contributed by atoms with E-state index in [1.54, 1.807) is 36.4 Å². The fourth-order valence-electron chi connectivity index (χ4n) is 1.62. The normalized spacial score (nSPS) is 11.2. The molecule has 0 aliphatic heterocycles. The van der Waals surface area contributed by atoms with Gasteiger partial charge in [0.15, 0.2) is 0 Å². The Bertz CT molecular complexity index is 625. The molecule has 0 spiro atoms. The number of nitrogens with zero attached hydrogens (tertiary/aromatic N) is 1. The predicted octanol–water partition coefficient (Wildman–Crippen LogP) is 1.60. The molecule has 2 aromatic rings. The number of nitrogens with one attached hydrogen (secondary N) is 2. The summed E-state index contributed by atoms with van der Waals surface area (Å²) in [7, 11) is -1.70. The Hall–Kier alpha value is -1.92. The zero-order chi connectivity index (χ0) is 13.7. The van der Waals surface area contributed by atoms with Gasteiger partial charge < -0.3 is 5.32 Å². The summed E-state index contributed by atoms with van der Waals surface area (Å²) in [5, 5.41) is 3.01. The summed E-state index contributed by atoms with van der Waals surface area (Å²) in [4.78, 5) is 4.08. The molecule has 1 aromatic heterocycles. The minimum Gasteiger partial charge on any atom is -0.316 e. The van der Waals surface area contributed by atoms with E-state index in [1.807, 2.05) is 7.05 Å². The lowest BCUT2D eigenvalue weighted by Crippen LogP contribution is -2.13. The zero-order valence-corrected chi connectivity index (χ0v) is 11.3. The van der Waals surface area contributed by atoms with E-state index in [0.29, 0.717) is 12.2 Å². The van der Waals surface area contributed by atoms with Gasteiger partial charge in [-0.2, -0.15) is 0 Å². The van der Waals surface area contributed by atoms with Gasteiger partial charge in [-0.1, -0.05) is 12.1 Å². The van der Waals surface area contributed by atoms with Gasteiger partial charge in [-0.3, -0.25) is 9.71 Å². The second kappa shape index (κ2) is 5.81. The smallest absolute Gasteiger partial charge is 0.261 e. The van der Waals surface area contributed by atoms with Crippen molar-refractivity contribution >= 4 is 15.7 Å². The van der Waals surface area contributed by atoms with Crippen LogP contribution in [-0.4, -0.2) is 20.4 Å². The summed E-state index contributed by atoms with van der Waals surface area (Å²) in [6.07, 6.45) is 3.07. The largest absolute Gasteiger partial charge is 0.316 e. The van der Waals surface area contributed by atoms with E-state index < -0.39 is 10.0 Å². The second-order valence-electron chi connectivity index (χ2n) is 4.02. The van der Waals surface area contributed by atoms with Crippen LogP contribution < -0.4 is 10.0 Å². The van der Waals surface area contributed by atoms with Gasteiger partial charge in [-0.15, -0.1) is 0 Å². The highest BCUT2D eigenvalue weighted by molar-refractivity contribution is 7.92. The fourth-order valence-corrected chi connectivity index (χ4v) is 2.68. The van der Waals surface area contributed by atoms with E-state index >= 15 is 0 Å². The molecule has 1 heterocycles. The first-order valence-corrected chi connectivity index (χ1v) is 7.26. The molecule has 5 nitrogen and oxygen atoms in total. The quantitative estimate of drug-likeness (QED) is 0.871. The average Bonchev–Trinajstić information content (AvgIpc) is 2.40. The maximum absolute atomic E-state index is 12.1. The van der Waals surface area contributed by atoms with Crippen LogP contribution in [0.2, 0.25) is 0 Å². The van der Waals surface area contributed by atoms with Gasteiger partial charge in [0.05, 0.1) is 10.6 Å². The summed E-state index contributed by atoms with van der Waals surface area (Å²) >= 11 is 0. The van der Waals surface area contributed by atoms with Crippen LogP contribution in [0.1, 0.15) is 5.56 Å². The van der Waals surface area contributed by atoms with E-state index in [9.17, 15) is 8.42 Å². The van der Waals surface area contributed by atoms with Crippen molar-refractivity contribution < 1.29 is 8.42 Å². The number of rotatable bonds is 5. The summed E-state index contributed by atoms with van der Waals surface area (Å²) < 4.78 is 26.7. The van der Waals surface area contributed by atoms with Crippen LogP contribution in [0.15, 0.2) is 53.7 Å². The van der Waals surface area contributed by atoms with Crippen LogP contribution >= 0.6 is 0 Å². The van der Waals surface area contributed by atoms with Crippen LogP contribution in [0.3, 0.4) is 0 Å². The molecule has 6 heteroatoms. The first kappa shape index (κ1) is 13.5. The number of benzene rings is 1. The number of aromatic nitrogens is 1. The molecule has 0 aliphatic carbocycles. The highest BCUT2D eigenvalue weighted by atomic mass is 32.2. The Kier molecular flexibility index (Phi) is 4.13. The zero-order valence-electron chi connectivity index (χ0n) is 10.5. The molecule has 0 aliphatic rings. The Balaban J connectivity index is 2.20. The van der Waals surface area contributed by atoms with Crippen molar-refractivity contribution in [2.45, 2.75) is 11.4 Å². The van der Waals surface area contributed by atoms with Gasteiger partial charge in [0, 0.05) is 18.9 Å². The number of hydrogen-bond acceptors (Lipinski definition) is 4. The maximum Gasteiger partial charge on any atom is 0.261 e. The molecule has 0 bridgehead atoms. The molecule has 19 heavy (non-hydrogen) atoms. The minimum absolute atomic E-state index is 0.240. The molecule has 1 aromatic carbocycles. The molecule has 2 rings (SSSR count). The third kappa shape index (κ3) is 3.52. The monoisotopic (exact) mass is 277 g/mol. The number of hydrogen-bond donors (Lipinski definition) is 2. The topological polar surface area (TPSA) is 71.1 Å². The lowest BCUT2D eigenvalue weighted by molar-refractivity contribution is 0.601. The Morgan fingerprint density at radius 3 is 2.26 bits per heavy atom. The molecule has 0 radical (unpaired) electrons. The third-order valence-corrected chi connectivity index (χ3v) is 3.94. The SMILES string of the molecule is CNCc1ccc(S(=O)(=O)Nc2ccncc2)cc1. The van der Waals surface area contributed by atoms with E-state index in [-0.39, 0.29) is 4.90 Å². The van der Waals surface area contributed by atoms with Crippen molar-refractivity contribution in [2.75, 3.05) is 11.8 Å². The van der Waals surface area contributed by atoms with Gasteiger partial charge in [0.1, 0.15) is 0 Å². The Labute approximate surface area is 112 Å². The van der Waals surface area contributed by atoms with Gasteiger partial charge in [-0.05, 0) is 36.9 Å². The molecule has 0 fully saturated rings. The van der Waals surface area contributed by atoms with E-state index in [0.717, 1.165) is 5.56 Å². The standard InChI is InChI=1S/C13H15N3O2S/c1-14-10-11-2-4-13(5-3-11)19(17,18)16-12-6-8-15-9-7-12/h2-9,14H,10H2,1H3,(H,15,16). The van der Waals surface area contributed by atoms with E-state index in [1.165, 1.54) is 12.4 Å². The predicted molar refractivity (Wildman–Crippen MR) is 74.3 cm³/mol. The van der Waals surface area contributed by atoms with Gasteiger partial charge >= 0.3 is 0 Å². The third-order valence-electron chi connectivity index (χ3n) is 2.55. The highest BCUT2D eigenvalue weighted by Gasteiger charge is 2.13. The van der Waals surface area contributed by atoms with Crippen molar-refractivity contribution in [3.8, 4) is 0 Å². The molecule has 0 unspecified atom stereocenters. The Morgan fingerprint density at radius 2 is 1.68 bits per heavy atom. The first-order chi connectivity index (χ1) is 9.12. The first-order valence-electron chi connectivity index (χ1n) is 5.78. The number of pyridine rings is 1. The fraction of sp³-hybridized carbons (Fsp3) is 0.154. The summed E-state index contributed by atoms with van der Waals surface area (Å²) in [6.45, 7) is 0.706. The molecular weight excluding hydrogens is 262 g/mol. The van der Waals surface area contributed by atoms with Crippen molar-refractivity contribution in [1.82, 2.24) is 10.3 Å². The lowest BCUT2D eigenvalue weighted by Gasteiger charge is -2.08. The summed E-state index contributed by atoms with van der Waals surface area (Å²) in [5.74, 6) is 0. The van der Waals surface area contributed by atoms with Crippen LogP contribution in [0, 0.1) is 0 Å². The number of anilines is 1. The van der Waals surface area contributed by atoms with Gasteiger partial charge in [0.25, 0.3) is 10.0 Å². The number of sulfonamides is 1. The van der Waals surface area contributed by atoms with Crippen LogP contribution in [-0.2, 0) is 16.6 Å². The van der Waals surface area contributed by atoms with Gasteiger partial charge in [-0.25, -0.2) is 8.42 Å². The van der Waals surface area contributed by atoms with Crippen molar-refractivity contribution in [3.63, 3.8) is 0 Å². The molecule has 0 amide bonds. The highest BCUT2D eigenvalue weighted by Crippen LogP contribution is 2.15. The Morgan fingerprint density at radius 1 is 1.05 bits per heavy atom. The van der Waals surface area contributed by atoms with Crippen molar-refractivity contribution in [1.29, 1.82) is 0 Å². The summed E-state index contributed by atoms with van der Waals surface area (Å²) in [6, 6.07) is 9.97. The minimum atomic E-state index is -3.54. The average molecular weight is 277 g/mol. The van der Waals surface area contributed by atoms with Gasteiger partial charge in [0.2, 0.25) is 0 Å². The molecule has 2 N–H and O–H groups in total. The van der Waals surface area contributed by atoms with Crippen LogP contribution in [0.5, 0.6) is 0 Å². The second-order valence-corrected chi connectivity index (χ2v) is 5.70. The van der Waals surface area contributed by atoms with E-state index in [2.05, 4.69) is 15.0 Å². The van der Waals surface area contributed by atoms with Crippen molar-refractivity contribution in [3.05, 3.63) is 54.4 Å². The van der Waals surface area contributed by atoms with Crippen LogP contribution in [0.25, 0.3) is 0 Å². The van der Waals surface area contributed by atoms with E-state index in [4.69, 9.17) is 0 Å². The lowest BCUT2D eigenvalue weighted by atomic mass is 10.2. The molecule has 100 valence electrons. The molecular formula is C13H15N3O2S.